The molecule has 2 aromatic rings. The maximum absolute atomic E-state index is 13.5. The normalized spacial score (nSPS) is 10.6. The number of aromatic nitrogens is 1. The smallest absolute Gasteiger partial charge is 0.277 e. The number of hydrogen-bond donors (Lipinski definition) is 2. The molecule has 0 saturated heterocycles. The number of anilines is 2. The Bertz CT molecular complexity index is 643. The van der Waals surface area contributed by atoms with Crippen LogP contribution in [0.25, 0.3) is 0 Å². The summed E-state index contributed by atoms with van der Waals surface area (Å²) in [6, 6.07) is 2.92. The van der Waals surface area contributed by atoms with E-state index in [9.17, 15) is 13.6 Å². The number of amides is 1. The van der Waals surface area contributed by atoms with Gasteiger partial charge in [-0.15, -0.1) is 0 Å². The van der Waals surface area contributed by atoms with Crippen molar-refractivity contribution in [2.24, 2.45) is 0 Å². The lowest BCUT2D eigenvalue weighted by Crippen LogP contribution is -2.14. The molecule has 1 heterocycles. The van der Waals surface area contributed by atoms with Gasteiger partial charge in [0.05, 0.1) is 11.4 Å². The van der Waals surface area contributed by atoms with Crippen molar-refractivity contribution in [1.82, 2.24) is 5.16 Å². The summed E-state index contributed by atoms with van der Waals surface area (Å²) in [6.45, 7) is 0.151. The van der Waals surface area contributed by atoms with Crippen LogP contribution in [0, 0.1) is 11.6 Å². The zero-order valence-corrected chi connectivity index (χ0v) is 10.4. The lowest BCUT2D eigenvalue weighted by atomic mass is 10.2. The van der Waals surface area contributed by atoms with E-state index in [4.69, 9.17) is 15.0 Å². The third-order valence-electron chi connectivity index (χ3n) is 2.41. The number of methoxy groups -OCH3 is 1. The van der Waals surface area contributed by atoms with E-state index < -0.39 is 17.5 Å². The zero-order chi connectivity index (χ0) is 14.7. The number of rotatable bonds is 4. The summed E-state index contributed by atoms with van der Waals surface area (Å²) in [4.78, 5) is 11.8. The quantitative estimate of drug-likeness (QED) is 0.837. The third-order valence-corrected chi connectivity index (χ3v) is 2.41. The van der Waals surface area contributed by atoms with Crippen LogP contribution in [0.2, 0.25) is 0 Å². The average Bonchev–Trinajstić information content (AvgIpc) is 2.85. The molecule has 0 radical (unpaired) electrons. The molecule has 0 aliphatic heterocycles. The van der Waals surface area contributed by atoms with E-state index >= 15 is 0 Å². The lowest BCUT2D eigenvalue weighted by Gasteiger charge is -2.06. The molecule has 1 aromatic carbocycles. The van der Waals surface area contributed by atoms with Crippen molar-refractivity contribution in [3.8, 4) is 0 Å². The molecule has 1 aromatic heterocycles. The van der Waals surface area contributed by atoms with Crippen LogP contribution in [0.4, 0.5) is 20.2 Å². The maximum atomic E-state index is 13.5. The second kappa shape index (κ2) is 5.66. The Morgan fingerprint density at radius 3 is 2.85 bits per heavy atom. The van der Waals surface area contributed by atoms with E-state index in [0.717, 1.165) is 6.07 Å². The van der Waals surface area contributed by atoms with Crippen LogP contribution >= 0.6 is 0 Å². The number of nitrogen functional groups attached to an aromatic ring is 1. The highest BCUT2D eigenvalue weighted by molar-refractivity contribution is 6.03. The highest BCUT2D eigenvalue weighted by Gasteiger charge is 2.16. The Morgan fingerprint density at radius 2 is 2.15 bits per heavy atom. The Morgan fingerprint density at radius 1 is 1.40 bits per heavy atom. The van der Waals surface area contributed by atoms with Crippen LogP contribution in [0.15, 0.2) is 22.7 Å². The van der Waals surface area contributed by atoms with Crippen LogP contribution in [-0.4, -0.2) is 18.2 Å². The van der Waals surface area contributed by atoms with Crippen LogP contribution in [0.5, 0.6) is 0 Å². The molecule has 20 heavy (non-hydrogen) atoms. The van der Waals surface area contributed by atoms with Crippen molar-refractivity contribution in [3.05, 3.63) is 41.3 Å². The molecular weight excluding hydrogens is 272 g/mol. The predicted octanol–water partition coefficient (Wildman–Crippen LogP) is 1.93. The Kier molecular flexibility index (Phi) is 3.94. The molecule has 6 nitrogen and oxygen atoms in total. The van der Waals surface area contributed by atoms with E-state index in [0.29, 0.717) is 11.8 Å². The first-order valence-corrected chi connectivity index (χ1v) is 5.51. The summed E-state index contributed by atoms with van der Waals surface area (Å²) in [5, 5.41) is 5.73. The molecule has 2 rings (SSSR count). The highest BCUT2D eigenvalue weighted by atomic mass is 19.1. The number of ether oxygens (including phenoxy) is 1. The number of nitrogens with two attached hydrogens (primary N) is 1. The Balaban J connectivity index is 2.16. The minimum atomic E-state index is -0.939. The molecule has 106 valence electrons. The largest absolute Gasteiger partial charge is 0.396 e. The second-order valence-corrected chi connectivity index (χ2v) is 3.92. The molecule has 0 unspecified atom stereocenters. The van der Waals surface area contributed by atoms with E-state index in [1.807, 2.05) is 0 Å². The molecule has 0 atom stereocenters. The Labute approximate surface area is 112 Å². The van der Waals surface area contributed by atoms with Crippen molar-refractivity contribution in [3.63, 3.8) is 0 Å². The van der Waals surface area contributed by atoms with Crippen molar-refractivity contribution >= 4 is 17.3 Å². The van der Waals surface area contributed by atoms with E-state index in [2.05, 4.69) is 10.5 Å². The molecule has 8 heteroatoms. The van der Waals surface area contributed by atoms with Crippen LogP contribution in [0.3, 0.4) is 0 Å². The molecular formula is C12H11F2N3O3. The van der Waals surface area contributed by atoms with Crippen molar-refractivity contribution < 1.29 is 22.8 Å². The SMILES string of the molecule is COCc1cc(C(=O)Nc2cc(N)c(F)cc2F)no1. The minimum Gasteiger partial charge on any atom is -0.396 e. The van der Waals surface area contributed by atoms with E-state index in [-0.39, 0.29) is 23.7 Å². The molecule has 0 saturated carbocycles. The molecule has 0 fully saturated rings. The number of carbonyl (C=O) groups excluding carboxylic acids is 1. The van der Waals surface area contributed by atoms with Gasteiger partial charge in [-0.2, -0.15) is 0 Å². The molecule has 0 bridgehead atoms. The predicted molar refractivity (Wildman–Crippen MR) is 65.9 cm³/mol. The zero-order valence-electron chi connectivity index (χ0n) is 10.4. The fourth-order valence-electron chi connectivity index (χ4n) is 1.48. The summed E-state index contributed by atoms with van der Waals surface area (Å²) >= 11 is 0. The van der Waals surface area contributed by atoms with Crippen molar-refractivity contribution in [2.75, 3.05) is 18.2 Å². The average molecular weight is 283 g/mol. The summed E-state index contributed by atoms with van der Waals surface area (Å²) in [6.07, 6.45) is 0. The minimum absolute atomic E-state index is 0.0562. The summed E-state index contributed by atoms with van der Waals surface area (Å²) in [5.74, 6) is -2.20. The van der Waals surface area contributed by atoms with E-state index in [1.165, 1.54) is 13.2 Å². The molecule has 1 amide bonds. The van der Waals surface area contributed by atoms with Crippen molar-refractivity contribution in [1.29, 1.82) is 0 Å². The van der Waals surface area contributed by atoms with Crippen LogP contribution in [0.1, 0.15) is 16.2 Å². The molecule has 3 N–H and O–H groups in total. The highest BCUT2D eigenvalue weighted by Crippen LogP contribution is 2.21. The van der Waals surface area contributed by atoms with Gasteiger partial charge in [0.15, 0.2) is 11.5 Å². The van der Waals surface area contributed by atoms with Gasteiger partial charge in [0, 0.05) is 19.2 Å². The van der Waals surface area contributed by atoms with Gasteiger partial charge in [-0.1, -0.05) is 5.16 Å². The fourth-order valence-corrected chi connectivity index (χ4v) is 1.48. The standard InChI is InChI=1S/C12H11F2N3O3/c1-19-5-6-2-11(17-20-6)12(18)16-10-4-9(15)7(13)3-8(10)14/h2-4H,5,15H2,1H3,(H,16,18). The summed E-state index contributed by atoms with van der Waals surface area (Å²) in [7, 11) is 1.46. The van der Waals surface area contributed by atoms with Gasteiger partial charge in [0.25, 0.3) is 5.91 Å². The number of nitrogens with zero attached hydrogens (tertiary/aromatic N) is 1. The topological polar surface area (TPSA) is 90.4 Å². The molecule has 0 spiro atoms. The maximum Gasteiger partial charge on any atom is 0.277 e. The monoisotopic (exact) mass is 283 g/mol. The number of hydrogen-bond acceptors (Lipinski definition) is 5. The van der Waals surface area contributed by atoms with Crippen LogP contribution < -0.4 is 11.1 Å². The summed E-state index contributed by atoms with van der Waals surface area (Å²) in [5.41, 5.74) is 4.73. The van der Waals surface area contributed by atoms with E-state index in [1.54, 1.807) is 0 Å². The first-order valence-electron chi connectivity index (χ1n) is 5.51. The van der Waals surface area contributed by atoms with Gasteiger partial charge in [-0.3, -0.25) is 4.79 Å². The summed E-state index contributed by atoms with van der Waals surface area (Å²) < 4.78 is 36.1. The first kappa shape index (κ1) is 13.9. The van der Waals surface area contributed by atoms with Gasteiger partial charge >= 0.3 is 0 Å². The first-order chi connectivity index (χ1) is 9.51. The number of benzene rings is 1. The van der Waals surface area contributed by atoms with Gasteiger partial charge in [0.1, 0.15) is 18.2 Å². The van der Waals surface area contributed by atoms with Crippen molar-refractivity contribution in [2.45, 2.75) is 6.61 Å². The van der Waals surface area contributed by atoms with Gasteiger partial charge in [0.2, 0.25) is 0 Å². The fraction of sp³-hybridized carbons (Fsp3) is 0.167. The number of halogens is 2. The lowest BCUT2D eigenvalue weighted by molar-refractivity contribution is 0.101. The van der Waals surface area contributed by atoms with Gasteiger partial charge in [-0.05, 0) is 6.07 Å². The third kappa shape index (κ3) is 2.91. The Hall–Kier alpha value is -2.48. The number of nitrogens with one attached hydrogen (secondary N) is 1. The molecule has 0 aliphatic rings. The second-order valence-electron chi connectivity index (χ2n) is 3.92. The van der Waals surface area contributed by atoms with Gasteiger partial charge in [-0.25, -0.2) is 8.78 Å². The van der Waals surface area contributed by atoms with Gasteiger partial charge < -0.3 is 20.3 Å². The molecule has 0 aliphatic carbocycles. The number of carbonyl (C=O) groups is 1. The van der Waals surface area contributed by atoms with Crippen LogP contribution in [-0.2, 0) is 11.3 Å².